The van der Waals surface area contributed by atoms with Crippen molar-refractivity contribution in [2.75, 3.05) is 92.5 Å². The quantitative estimate of drug-likeness (QED) is 0.113. The molecule has 244 valence electrons. The first-order valence-electron chi connectivity index (χ1n) is 14.5. The van der Waals surface area contributed by atoms with Gasteiger partial charge in [0.15, 0.2) is 0 Å². The molecule has 41 heavy (non-hydrogen) atoms. The van der Waals surface area contributed by atoms with Crippen LogP contribution in [0.2, 0.25) is 36.3 Å². The zero-order valence-corrected chi connectivity index (χ0v) is 29.4. The van der Waals surface area contributed by atoms with Gasteiger partial charge in [-0.05, 0) is 36.3 Å². The van der Waals surface area contributed by atoms with Crippen LogP contribution in [-0.2, 0) is 51.6 Å². The van der Waals surface area contributed by atoms with Crippen molar-refractivity contribution in [3.05, 3.63) is 0 Å². The lowest BCUT2D eigenvalue weighted by Gasteiger charge is -2.35. The summed E-state index contributed by atoms with van der Waals surface area (Å²) < 4.78 is 49.2. The van der Waals surface area contributed by atoms with E-state index in [1.54, 1.807) is 0 Å². The van der Waals surface area contributed by atoms with Gasteiger partial charge in [-0.1, -0.05) is 41.5 Å². The second-order valence-corrected chi connectivity index (χ2v) is 22.1. The van der Waals surface area contributed by atoms with Gasteiger partial charge in [-0.3, -0.25) is 9.59 Å². The number of rotatable bonds is 24. The van der Waals surface area contributed by atoms with Crippen molar-refractivity contribution in [3.8, 4) is 0 Å². The second-order valence-electron chi connectivity index (χ2n) is 12.6. The standard InChI is InChI=1S/C28H58O11Si2/c1-27(2,3)40(7,8)38-25(29)23-36-21-19-34-17-15-32-13-11-31-12-14-33-16-18-35-20-22-37-24-26(30)39-41(9,10)28(4,5)6/h11-24H2,1-10H3. The summed E-state index contributed by atoms with van der Waals surface area (Å²) in [5.41, 5.74) is 0. The third-order valence-electron chi connectivity index (χ3n) is 7.02. The molecule has 0 spiro atoms. The minimum Gasteiger partial charge on any atom is -0.517 e. The molecular formula is C28H58O11Si2. The number of hydrogen-bond donors (Lipinski definition) is 0. The van der Waals surface area contributed by atoms with Gasteiger partial charge in [0.25, 0.3) is 16.6 Å². The highest BCUT2D eigenvalue weighted by Gasteiger charge is 2.41. The predicted molar refractivity (Wildman–Crippen MR) is 162 cm³/mol. The summed E-state index contributed by atoms with van der Waals surface area (Å²) in [5, 5.41) is -0.0484. The van der Waals surface area contributed by atoms with Crippen LogP contribution in [0.4, 0.5) is 0 Å². The fourth-order valence-corrected chi connectivity index (χ4v) is 4.33. The summed E-state index contributed by atoms with van der Waals surface area (Å²) >= 11 is 0. The van der Waals surface area contributed by atoms with Gasteiger partial charge in [-0.15, -0.1) is 0 Å². The molecule has 0 rings (SSSR count). The van der Waals surface area contributed by atoms with Crippen LogP contribution in [0.5, 0.6) is 0 Å². The van der Waals surface area contributed by atoms with E-state index >= 15 is 0 Å². The summed E-state index contributed by atoms with van der Waals surface area (Å²) in [4.78, 5) is 23.9. The van der Waals surface area contributed by atoms with Crippen LogP contribution < -0.4 is 0 Å². The van der Waals surface area contributed by atoms with Crippen LogP contribution in [-0.4, -0.2) is 121 Å². The fraction of sp³-hybridized carbons (Fsp3) is 0.929. The maximum Gasteiger partial charge on any atom is 0.318 e. The monoisotopic (exact) mass is 626 g/mol. The van der Waals surface area contributed by atoms with Crippen LogP contribution in [0, 0.1) is 0 Å². The third kappa shape index (κ3) is 20.6. The van der Waals surface area contributed by atoms with Gasteiger partial charge in [-0.2, -0.15) is 0 Å². The first-order chi connectivity index (χ1) is 19.0. The lowest BCUT2D eigenvalue weighted by atomic mass is 10.2. The van der Waals surface area contributed by atoms with E-state index < -0.39 is 16.6 Å². The Hall–Kier alpha value is -0.906. The zero-order chi connectivity index (χ0) is 31.4. The minimum absolute atomic E-state index is 0.0242. The van der Waals surface area contributed by atoms with E-state index in [-0.39, 0.29) is 35.2 Å². The van der Waals surface area contributed by atoms with Crippen molar-refractivity contribution >= 4 is 28.6 Å². The van der Waals surface area contributed by atoms with Gasteiger partial charge < -0.3 is 42.0 Å². The van der Waals surface area contributed by atoms with Crippen LogP contribution in [0.15, 0.2) is 0 Å². The average molecular weight is 627 g/mol. The third-order valence-corrected chi connectivity index (χ3v) is 15.7. The van der Waals surface area contributed by atoms with E-state index in [4.69, 9.17) is 42.0 Å². The molecule has 0 aromatic heterocycles. The summed E-state index contributed by atoms with van der Waals surface area (Å²) in [6, 6.07) is 0. The van der Waals surface area contributed by atoms with Crippen LogP contribution in [0.25, 0.3) is 0 Å². The summed E-state index contributed by atoms with van der Waals surface area (Å²) in [7, 11) is -4.22. The largest absolute Gasteiger partial charge is 0.517 e. The van der Waals surface area contributed by atoms with E-state index in [1.807, 2.05) is 26.2 Å². The Bertz CT molecular complexity index is 646. The molecule has 0 aromatic carbocycles. The van der Waals surface area contributed by atoms with Crippen LogP contribution in [0.3, 0.4) is 0 Å². The number of carbonyl (C=O) groups excluding carboxylic acids is 2. The minimum atomic E-state index is -2.11. The van der Waals surface area contributed by atoms with Gasteiger partial charge in [-0.25, -0.2) is 0 Å². The van der Waals surface area contributed by atoms with E-state index in [0.717, 1.165) is 0 Å². The predicted octanol–water partition coefficient (Wildman–Crippen LogP) is 4.20. The Labute approximate surface area is 250 Å². The Balaban J connectivity index is 3.39. The van der Waals surface area contributed by atoms with Crippen LogP contribution >= 0.6 is 0 Å². The molecule has 0 bridgehead atoms. The van der Waals surface area contributed by atoms with E-state index in [2.05, 4.69) is 41.5 Å². The Morgan fingerprint density at radius 1 is 0.415 bits per heavy atom. The molecule has 0 atom stereocenters. The molecule has 0 heterocycles. The molecule has 0 fully saturated rings. The van der Waals surface area contributed by atoms with E-state index in [9.17, 15) is 9.59 Å². The molecule has 13 heteroatoms. The molecule has 0 aromatic rings. The topological polar surface area (TPSA) is 117 Å². The molecule has 0 N–H and O–H groups in total. The molecule has 0 aliphatic carbocycles. The number of carbonyl (C=O) groups is 2. The van der Waals surface area contributed by atoms with Crippen molar-refractivity contribution in [1.82, 2.24) is 0 Å². The zero-order valence-electron chi connectivity index (χ0n) is 27.4. The van der Waals surface area contributed by atoms with Crippen molar-refractivity contribution in [2.24, 2.45) is 0 Å². The van der Waals surface area contributed by atoms with Crippen molar-refractivity contribution < 1.29 is 51.6 Å². The average Bonchev–Trinajstić information content (AvgIpc) is 2.83. The molecule has 0 saturated heterocycles. The molecule has 11 nitrogen and oxygen atoms in total. The SMILES string of the molecule is CC(C)(C)[Si](C)(C)OC(=O)COCCOCCOCCOCCOCCOCCOCC(=O)O[Si](C)(C)C(C)(C)C. The highest BCUT2D eigenvalue weighted by atomic mass is 28.4. The maximum absolute atomic E-state index is 12.0. The summed E-state index contributed by atoms with van der Waals surface area (Å²) in [5.74, 6) is -0.642. The second kappa shape index (κ2) is 20.9. The Kier molecular flexibility index (Phi) is 20.4. The van der Waals surface area contributed by atoms with Crippen molar-refractivity contribution in [2.45, 2.75) is 77.8 Å². The lowest BCUT2D eigenvalue weighted by Crippen LogP contribution is -2.43. The summed E-state index contributed by atoms with van der Waals surface area (Å²) in [6.45, 7) is 25.6. The molecule has 0 amide bonds. The van der Waals surface area contributed by atoms with Crippen molar-refractivity contribution in [1.29, 1.82) is 0 Å². The number of hydrogen-bond acceptors (Lipinski definition) is 11. The molecule has 0 saturated carbocycles. The Morgan fingerprint density at radius 2 is 0.610 bits per heavy atom. The smallest absolute Gasteiger partial charge is 0.318 e. The van der Waals surface area contributed by atoms with Gasteiger partial charge >= 0.3 is 11.9 Å². The lowest BCUT2D eigenvalue weighted by molar-refractivity contribution is -0.142. The normalized spacial score (nSPS) is 12.9. The maximum atomic E-state index is 12.0. The molecule has 0 aliphatic rings. The highest BCUT2D eigenvalue weighted by Crippen LogP contribution is 2.37. The highest BCUT2D eigenvalue weighted by molar-refractivity contribution is 6.75. The number of ether oxygens (including phenoxy) is 7. The first-order valence-corrected chi connectivity index (χ1v) is 20.3. The van der Waals surface area contributed by atoms with Crippen LogP contribution in [0.1, 0.15) is 41.5 Å². The van der Waals surface area contributed by atoms with E-state index in [1.165, 1.54) is 0 Å². The molecule has 0 aliphatic heterocycles. The summed E-state index contributed by atoms with van der Waals surface area (Å²) in [6.07, 6.45) is 0. The molecule has 0 unspecified atom stereocenters. The molecule has 0 radical (unpaired) electrons. The van der Waals surface area contributed by atoms with Crippen molar-refractivity contribution in [3.63, 3.8) is 0 Å². The van der Waals surface area contributed by atoms with Gasteiger partial charge in [0.2, 0.25) is 0 Å². The Morgan fingerprint density at radius 3 is 0.805 bits per heavy atom. The van der Waals surface area contributed by atoms with E-state index in [0.29, 0.717) is 79.3 Å². The van der Waals surface area contributed by atoms with Gasteiger partial charge in [0, 0.05) is 0 Å². The van der Waals surface area contributed by atoms with Gasteiger partial charge in [0.05, 0.1) is 79.3 Å². The first kappa shape index (κ1) is 40.1. The van der Waals surface area contributed by atoms with Gasteiger partial charge in [0.1, 0.15) is 13.2 Å². The fourth-order valence-electron chi connectivity index (χ4n) is 2.46. The molecular weight excluding hydrogens is 568 g/mol.